The molecule has 1 N–H and O–H groups in total. The summed E-state index contributed by atoms with van der Waals surface area (Å²) >= 11 is 0. The van der Waals surface area contributed by atoms with Gasteiger partial charge in [-0.05, 0) is 13.0 Å². The second kappa shape index (κ2) is 14.8. The van der Waals surface area contributed by atoms with Crippen LogP contribution in [0.15, 0.2) is 12.2 Å². The molecule has 1 saturated heterocycles. The van der Waals surface area contributed by atoms with E-state index in [0.717, 1.165) is 27.7 Å². The Bertz CT molecular complexity index is 854. The van der Waals surface area contributed by atoms with Gasteiger partial charge in [-0.2, -0.15) is 0 Å². The summed E-state index contributed by atoms with van der Waals surface area (Å²) in [5.41, 5.74) is 0. The van der Waals surface area contributed by atoms with Crippen molar-refractivity contribution >= 4 is 35.8 Å². The van der Waals surface area contributed by atoms with E-state index in [1.54, 1.807) is 19.1 Å². The topological polar surface area (TPSA) is 170 Å². The first-order valence-electron chi connectivity index (χ1n) is 11.2. The molecule has 0 radical (unpaired) electrons. The van der Waals surface area contributed by atoms with Crippen molar-refractivity contribution in [2.75, 3.05) is 13.2 Å². The molecule has 0 unspecified atom stereocenters. The van der Waals surface area contributed by atoms with Crippen LogP contribution < -0.4 is 5.32 Å². The Morgan fingerprint density at radius 1 is 0.778 bits per heavy atom. The number of amides is 1. The van der Waals surface area contributed by atoms with Crippen LogP contribution in [0.4, 0.5) is 0 Å². The zero-order valence-corrected chi connectivity index (χ0v) is 21.1. The molecule has 13 heteroatoms. The molecular weight excluding hydrogens is 482 g/mol. The number of rotatable bonds is 11. The van der Waals surface area contributed by atoms with Crippen LogP contribution in [0.1, 0.15) is 48.0 Å². The predicted octanol–water partition coefficient (Wildman–Crippen LogP) is 0.126. The van der Waals surface area contributed by atoms with Crippen LogP contribution in [-0.2, 0) is 57.2 Å². The van der Waals surface area contributed by atoms with Crippen LogP contribution in [0.3, 0.4) is 0 Å². The number of carbonyl (C=O) groups is 6. The minimum atomic E-state index is -1.36. The molecule has 6 atom stereocenters. The van der Waals surface area contributed by atoms with Gasteiger partial charge in [-0.3, -0.25) is 28.8 Å². The number of carbonyl (C=O) groups excluding carboxylic acids is 6. The number of hydrogen-bond donors (Lipinski definition) is 1. The van der Waals surface area contributed by atoms with E-state index in [0.29, 0.717) is 0 Å². The summed E-state index contributed by atoms with van der Waals surface area (Å²) < 4.78 is 31.9. The van der Waals surface area contributed by atoms with Crippen molar-refractivity contribution in [3.05, 3.63) is 12.2 Å². The molecule has 1 aliphatic heterocycles. The number of ether oxygens (including phenoxy) is 6. The lowest BCUT2D eigenvalue weighted by Gasteiger charge is -2.44. The van der Waals surface area contributed by atoms with Gasteiger partial charge in [0.15, 0.2) is 18.3 Å². The lowest BCUT2D eigenvalue weighted by molar-refractivity contribution is -0.252. The van der Waals surface area contributed by atoms with Crippen molar-refractivity contribution in [2.45, 2.75) is 84.6 Å². The van der Waals surface area contributed by atoms with E-state index in [2.05, 4.69) is 5.32 Å². The highest BCUT2D eigenvalue weighted by molar-refractivity contribution is 5.77. The molecule has 13 nitrogen and oxygen atoms in total. The first-order valence-corrected chi connectivity index (χ1v) is 11.2. The normalized spacial score (nSPS) is 24.2. The summed E-state index contributed by atoms with van der Waals surface area (Å²) in [5.74, 6) is -4.06. The average Bonchev–Trinajstić information content (AvgIpc) is 2.73. The van der Waals surface area contributed by atoms with E-state index in [9.17, 15) is 28.8 Å². The molecule has 0 bridgehead atoms. The molecule has 0 aromatic carbocycles. The number of nitrogens with one attached hydrogen (secondary N) is 1. The first-order chi connectivity index (χ1) is 16.8. The van der Waals surface area contributed by atoms with E-state index in [1.165, 1.54) is 6.92 Å². The van der Waals surface area contributed by atoms with Crippen LogP contribution in [-0.4, -0.2) is 85.5 Å². The molecular formula is C23H33NO12. The fourth-order valence-electron chi connectivity index (χ4n) is 3.53. The molecule has 1 aliphatic rings. The van der Waals surface area contributed by atoms with Crippen LogP contribution in [0.25, 0.3) is 0 Å². The summed E-state index contributed by atoms with van der Waals surface area (Å²) in [5, 5.41) is 2.59. The number of hydrogen-bond acceptors (Lipinski definition) is 12. The molecule has 202 valence electrons. The van der Waals surface area contributed by atoms with Gasteiger partial charge in [-0.25, -0.2) is 0 Å². The van der Waals surface area contributed by atoms with Crippen molar-refractivity contribution in [3.8, 4) is 0 Å². The maximum Gasteiger partial charge on any atom is 0.303 e. The minimum absolute atomic E-state index is 0.0476. The molecule has 0 spiro atoms. The highest BCUT2D eigenvalue weighted by atomic mass is 16.7. The van der Waals surface area contributed by atoms with Gasteiger partial charge in [0.05, 0.1) is 13.0 Å². The summed E-state index contributed by atoms with van der Waals surface area (Å²) in [6, 6.07) is 0. The second-order valence-corrected chi connectivity index (χ2v) is 7.92. The fraction of sp³-hybridized carbons (Fsp3) is 0.652. The van der Waals surface area contributed by atoms with Crippen molar-refractivity contribution in [1.82, 2.24) is 5.32 Å². The smallest absolute Gasteiger partial charge is 0.303 e. The van der Waals surface area contributed by atoms with Gasteiger partial charge in [0.2, 0.25) is 5.91 Å². The van der Waals surface area contributed by atoms with E-state index < -0.39 is 79.0 Å². The Morgan fingerprint density at radius 3 is 1.78 bits per heavy atom. The van der Waals surface area contributed by atoms with E-state index in [-0.39, 0.29) is 13.0 Å². The molecule has 0 aromatic heterocycles. The molecule has 1 amide bonds. The molecule has 1 heterocycles. The summed E-state index contributed by atoms with van der Waals surface area (Å²) in [6.45, 7) is 6.98. The SMILES string of the molecule is C/C=C/[C@H](CNC(=O)C[C@@H]1O[C@H](COC(C)=O)[C@@H](OC(C)=O)[C@H](OC(C)=O)[C@H]1OC(C)=O)OC(C)=O. The highest BCUT2D eigenvalue weighted by Crippen LogP contribution is 2.30. The number of allylic oxidation sites excluding steroid dienone is 1. The predicted molar refractivity (Wildman–Crippen MR) is 120 cm³/mol. The van der Waals surface area contributed by atoms with E-state index >= 15 is 0 Å². The molecule has 0 aromatic rings. The Kier molecular flexibility index (Phi) is 12.6. The average molecular weight is 516 g/mol. The third-order valence-corrected chi connectivity index (χ3v) is 4.70. The van der Waals surface area contributed by atoms with Gasteiger partial charge >= 0.3 is 29.8 Å². The third kappa shape index (κ3) is 10.8. The Morgan fingerprint density at radius 2 is 1.31 bits per heavy atom. The Hall–Kier alpha value is -3.48. The van der Waals surface area contributed by atoms with Crippen LogP contribution in [0, 0.1) is 0 Å². The third-order valence-electron chi connectivity index (χ3n) is 4.70. The molecule has 0 saturated carbocycles. The maximum atomic E-state index is 12.7. The standard InChI is InChI=1S/C23H33NO12/c1-7-8-17(32-13(3)26)10-24-20(30)9-18-21(33-14(4)27)23(35-16(6)29)22(34-15(5)28)19(36-18)11-31-12(2)25/h7-8,17-19,21-23H,9-11H2,1-6H3,(H,24,30)/b8-7+/t17-,18+,19-,21+,22-,23-/m1/s1. The second-order valence-electron chi connectivity index (χ2n) is 7.92. The van der Waals surface area contributed by atoms with Gasteiger partial charge in [0, 0.05) is 34.6 Å². The lowest BCUT2D eigenvalue weighted by Crippen LogP contribution is -2.63. The van der Waals surface area contributed by atoms with E-state index in [1.807, 2.05) is 0 Å². The maximum absolute atomic E-state index is 12.7. The minimum Gasteiger partial charge on any atom is -0.463 e. The number of esters is 5. The van der Waals surface area contributed by atoms with Crippen molar-refractivity contribution in [3.63, 3.8) is 0 Å². The van der Waals surface area contributed by atoms with Crippen LogP contribution in [0.2, 0.25) is 0 Å². The quantitative estimate of drug-likeness (QED) is 0.224. The van der Waals surface area contributed by atoms with Crippen molar-refractivity contribution in [2.24, 2.45) is 0 Å². The van der Waals surface area contributed by atoms with Crippen LogP contribution >= 0.6 is 0 Å². The molecule has 36 heavy (non-hydrogen) atoms. The largest absolute Gasteiger partial charge is 0.463 e. The van der Waals surface area contributed by atoms with Crippen molar-refractivity contribution in [1.29, 1.82) is 0 Å². The van der Waals surface area contributed by atoms with Crippen molar-refractivity contribution < 1.29 is 57.2 Å². The zero-order chi connectivity index (χ0) is 27.4. The zero-order valence-electron chi connectivity index (χ0n) is 21.1. The summed E-state index contributed by atoms with van der Waals surface area (Å²) in [4.78, 5) is 70.8. The van der Waals surface area contributed by atoms with Gasteiger partial charge in [0.1, 0.15) is 24.9 Å². The summed E-state index contributed by atoms with van der Waals surface area (Å²) in [7, 11) is 0. The van der Waals surface area contributed by atoms with Gasteiger partial charge in [-0.1, -0.05) is 6.08 Å². The van der Waals surface area contributed by atoms with Gasteiger partial charge in [-0.15, -0.1) is 0 Å². The Labute approximate surface area is 208 Å². The first kappa shape index (κ1) is 30.6. The van der Waals surface area contributed by atoms with Gasteiger partial charge in [0.25, 0.3) is 0 Å². The molecule has 0 aliphatic carbocycles. The van der Waals surface area contributed by atoms with E-state index in [4.69, 9.17) is 28.4 Å². The Balaban J connectivity index is 3.21. The van der Waals surface area contributed by atoms with Gasteiger partial charge < -0.3 is 33.7 Å². The van der Waals surface area contributed by atoms with Crippen LogP contribution in [0.5, 0.6) is 0 Å². The fourth-order valence-corrected chi connectivity index (χ4v) is 3.53. The summed E-state index contributed by atoms with van der Waals surface area (Å²) in [6.07, 6.45) is -4.21. The lowest BCUT2D eigenvalue weighted by atomic mass is 9.92. The molecule has 1 rings (SSSR count). The highest BCUT2D eigenvalue weighted by Gasteiger charge is 2.52. The molecule has 1 fully saturated rings. The monoisotopic (exact) mass is 515 g/mol.